The number of hydrogen-bond acceptors (Lipinski definition) is 4. The van der Waals surface area contributed by atoms with Gasteiger partial charge in [0.05, 0.1) is 14.7 Å². The lowest BCUT2D eigenvalue weighted by atomic mass is 10.2. The molecule has 0 spiro atoms. The molecule has 9 heteroatoms. The molecule has 0 saturated heterocycles. The van der Waals surface area contributed by atoms with Gasteiger partial charge in [-0.2, -0.15) is 0 Å². The topological polar surface area (TPSA) is 54.0 Å². The minimum absolute atomic E-state index is 0.126. The third-order valence-corrected chi connectivity index (χ3v) is 5.16. The molecule has 0 aliphatic carbocycles. The normalized spacial score (nSPS) is 10.6. The first-order valence-corrected chi connectivity index (χ1v) is 8.92. The summed E-state index contributed by atoms with van der Waals surface area (Å²) in [4.78, 5) is 16.5. The van der Waals surface area contributed by atoms with Gasteiger partial charge < -0.3 is 5.32 Å². The lowest BCUT2D eigenvalue weighted by Gasteiger charge is -2.07. The third kappa shape index (κ3) is 3.79. The molecule has 2 N–H and O–H groups in total. The SMILES string of the molecule is O=C(NC(=S)Nc1nc2c(Cl)c(Cl)ccc2s1)c1cccc(Cl)c1. The number of carbonyl (C=O) groups is 1. The second kappa shape index (κ2) is 7.21. The van der Waals surface area contributed by atoms with E-state index in [1.165, 1.54) is 11.3 Å². The van der Waals surface area contributed by atoms with Crippen LogP contribution in [0.25, 0.3) is 10.2 Å². The van der Waals surface area contributed by atoms with Crippen molar-refractivity contribution in [2.24, 2.45) is 0 Å². The van der Waals surface area contributed by atoms with Gasteiger partial charge in [-0.25, -0.2) is 4.98 Å². The highest BCUT2D eigenvalue weighted by Gasteiger charge is 2.13. The molecule has 0 radical (unpaired) electrons. The fourth-order valence-electron chi connectivity index (χ4n) is 1.92. The van der Waals surface area contributed by atoms with Crippen LogP contribution in [0.4, 0.5) is 5.13 Å². The van der Waals surface area contributed by atoms with Gasteiger partial charge in [0.1, 0.15) is 5.52 Å². The number of aromatic nitrogens is 1. The van der Waals surface area contributed by atoms with Crippen LogP contribution in [0.15, 0.2) is 36.4 Å². The Kier molecular flexibility index (Phi) is 5.22. The summed E-state index contributed by atoms with van der Waals surface area (Å²) in [5.41, 5.74) is 0.992. The van der Waals surface area contributed by atoms with Crippen LogP contribution in [0.2, 0.25) is 15.1 Å². The van der Waals surface area contributed by atoms with Crippen LogP contribution >= 0.6 is 58.4 Å². The Bertz CT molecular complexity index is 958. The fraction of sp³-hybridized carbons (Fsp3) is 0. The maximum absolute atomic E-state index is 12.1. The van der Waals surface area contributed by atoms with Crippen LogP contribution in [-0.2, 0) is 0 Å². The number of anilines is 1. The van der Waals surface area contributed by atoms with E-state index < -0.39 is 0 Å². The van der Waals surface area contributed by atoms with Crippen molar-refractivity contribution in [3.05, 3.63) is 57.0 Å². The molecule has 0 bridgehead atoms. The predicted octanol–water partition coefficient (Wildman–Crippen LogP) is 5.38. The quantitative estimate of drug-likeness (QED) is 0.550. The zero-order valence-electron chi connectivity index (χ0n) is 11.8. The van der Waals surface area contributed by atoms with Crippen molar-refractivity contribution < 1.29 is 4.79 Å². The highest BCUT2D eigenvalue weighted by molar-refractivity contribution is 7.80. The Balaban J connectivity index is 1.73. The molecule has 4 nitrogen and oxygen atoms in total. The number of hydrogen-bond donors (Lipinski definition) is 2. The van der Waals surface area contributed by atoms with Crippen molar-refractivity contribution in [1.82, 2.24) is 10.3 Å². The molecule has 0 aliphatic heterocycles. The Morgan fingerprint density at radius 2 is 1.96 bits per heavy atom. The van der Waals surface area contributed by atoms with Crippen molar-refractivity contribution in [3.63, 3.8) is 0 Å². The molecule has 122 valence electrons. The minimum Gasteiger partial charge on any atom is -0.308 e. The lowest BCUT2D eigenvalue weighted by molar-refractivity contribution is 0.0977. The van der Waals surface area contributed by atoms with Crippen LogP contribution in [0, 0.1) is 0 Å². The molecule has 24 heavy (non-hydrogen) atoms. The first-order valence-electron chi connectivity index (χ1n) is 6.56. The van der Waals surface area contributed by atoms with Gasteiger partial charge in [-0.15, -0.1) is 0 Å². The lowest BCUT2D eigenvalue weighted by Crippen LogP contribution is -2.34. The maximum atomic E-state index is 12.1. The highest BCUT2D eigenvalue weighted by Crippen LogP contribution is 2.35. The summed E-state index contributed by atoms with van der Waals surface area (Å²) < 4.78 is 0.857. The highest BCUT2D eigenvalue weighted by atomic mass is 35.5. The summed E-state index contributed by atoms with van der Waals surface area (Å²) in [6, 6.07) is 10.1. The maximum Gasteiger partial charge on any atom is 0.257 e. The minimum atomic E-state index is -0.364. The Morgan fingerprint density at radius 1 is 1.17 bits per heavy atom. The first kappa shape index (κ1) is 17.4. The van der Waals surface area contributed by atoms with Crippen LogP contribution in [0.3, 0.4) is 0 Å². The van der Waals surface area contributed by atoms with Crippen LogP contribution in [0.1, 0.15) is 10.4 Å². The number of carbonyl (C=O) groups excluding carboxylic acids is 1. The molecule has 0 aliphatic rings. The standard InChI is InChI=1S/C15H8Cl3N3OS2/c16-8-3-1-2-7(6-8)13(22)20-14(23)21-15-19-12-10(24-15)5-4-9(17)11(12)18/h1-6H,(H2,19,20,21,22,23). The second-order valence-electron chi connectivity index (χ2n) is 4.65. The fourth-order valence-corrected chi connectivity index (χ4v) is 3.66. The Morgan fingerprint density at radius 3 is 2.71 bits per heavy atom. The van der Waals surface area contributed by atoms with E-state index in [1.54, 1.807) is 30.3 Å². The number of amides is 1. The smallest absolute Gasteiger partial charge is 0.257 e. The van der Waals surface area contributed by atoms with E-state index in [0.717, 1.165) is 4.70 Å². The average molecular weight is 417 g/mol. The molecule has 0 saturated carbocycles. The Labute approximate surface area is 161 Å². The molecule has 2 aromatic carbocycles. The van der Waals surface area contributed by atoms with E-state index in [2.05, 4.69) is 15.6 Å². The van der Waals surface area contributed by atoms with Gasteiger partial charge in [-0.3, -0.25) is 10.1 Å². The van der Waals surface area contributed by atoms with E-state index in [0.29, 0.717) is 31.3 Å². The van der Waals surface area contributed by atoms with Crippen LogP contribution in [-0.4, -0.2) is 16.0 Å². The van der Waals surface area contributed by atoms with Crippen molar-refractivity contribution >= 4 is 84.7 Å². The van der Waals surface area contributed by atoms with Crippen molar-refractivity contribution in [1.29, 1.82) is 0 Å². The van der Waals surface area contributed by atoms with E-state index in [1.807, 2.05) is 6.07 Å². The number of nitrogens with zero attached hydrogens (tertiary/aromatic N) is 1. The summed E-state index contributed by atoms with van der Waals surface area (Å²) in [5.74, 6) is -0.364. The van der Waals surface area contributed by atoms with Crippen LogP contribution in [0.5, 0.6) is 0 Å². The van der Waals surface area contributed by atoms with Crippen LogP contribution < -0.4 is 10.6 Å². The number of nitrogens with one attached hydrogen (secondary N) is 2. The van der Waals surface area contributed by atoms with E-state index in [9.17, 15) is 4.79 Å². The molecular weight excluding hydrogens is 409 g/mol. The second-order valence-corrected chi connectivity index (χ2v) is 7.31. The molecule has 0 fully saturated rings. The van der Waals surface area contributed by atoms with Gasteiger partial charge in [0, 0.05) is 10.6 Å². The summed E-state index contributed by atoms with van der Waals surface area (Å²) in [6.45, 7) is 0. The molecule has 1 amide bonds. The summed E-state index contributed by atoms with van der Waals surface area (Å²) in [5, 5.41) is 7.35. The zero-order valence-corrected chi connectivity index (χ0v) is 15.7. The van der Waals surface area contributed by atoms with Crippen molar-refractivity contribution in [2.45, 2.75) is 0 Å². The molecule has 0 atom stereocenters. The van der Waals surface area contributed by atoms with Crippen molar-refractivity contribution in [3.8, 4) is 0 Å². The predicted molar refractivity (Wildman–Crippen MR) is 105 cm³/mol. The first-order chi connectivity index (χ1) is 11.4. The average Bonchev–Trinajstić information content (AvgIpc) is 2.94. The molecule has 0 unspecified atom stereocenters. The summed E-state index contributed by atoms with van der Waals surface area (Å²) >= 11 is 24.5. The monoisotopic (exact) mass is 415 g/mol. The van der Waals surface area contributed by atoms with E-state index in [4.69, 9.17) is 47.0 Å². The number of halogens is 3. The van der Waals surface area contributed by atoms with Gasteiger partial charge in [0.15, 0.2) is 10.2 Å². The summed E-state index contributed by atoms with van der Waals surface area (Å²) in [7, 11) is 0. The summed E-state index contributed by atoms with van der Waals surface area (Å²) in [6.07, 6.45) is 0. The molecule has 3 aromatic rings. The van der Waals surface area contributed by atoms with Gasteiger partial charge in [-0.1, -0.05) is 52.2 Å². The molecular formula is C15H8Cl3N3OS2. The number of fused-ring (bicyclic) bond motifs is 1. The number of thiocarbonyl (C=S) groups is 1. The van der Waals surface area contributed by atoms with Gasteiger partial charge in [-0.05, 0) is 42.5 Å². The Hall–Kier alpha value is -1.44. The van der Waals surface area contributed by atoms with Gasteiger partial charge >= 0.3 is 0 Å². The molecule has 1 aromatic heterocycles. The van der Waals surface area contributed by atoms with Crippen molar-refractivity contribution in [2.75, 3.05) is 5.32 Å². The largest absolute Gasteiger partial charge is 0.308 e. The molecule has 3 rings (SSSR count). The number of benzene rings is 2. The van der Waals surface area contributed by atoms with E-state index >= 15 is 0 Å². The third-order valence-electron chi connectivity index (χ3n) is 2.99. The number of thiazole rings is 1. The van der Waals surface area contributed by atoms with Gasteiger partial charge in [0.2, 0.25) is 0 Å². The number of rotatable bonds is 2. The zero-order chi connectivity index (χ0) is 17.3. The molecule has 1 heterocycles. The van der Waals surface area contributed by atoms with E-state index in [-0.39, 0.29) is 11.0 Å². The van der Waals surface area contributed by atoms with Gasteiger partial charge in [0.25, 0.3) is 5.91 Å².